The molecular formula is C23H22F2N2O3. The van der Waals surface area contributed by atoms with Gasteiger partial charge in [-0.15, -0.1) is 0 Å². The second-order valence-corrected chi connectivity index (χ2v) is 7.31. The average Bonchev–Trinajstić information content (AvgIpc) is 3.23. The Labute approximate surface area is 173 Å². The molecule has 30 heavy (non-hydrogen) atoms. The van der Waals surface area contributed by atoms with E-state index >= 15 is 0 Å². The van der Waals surface area contributed by atoms with Crippen molar-refractivity contribution in [2.75, 3.05) is 13.2 Å². The molecule has 156 valence electrons. The lowest BCUT2D eigenvalue weighted by Crippen LogP contribution is -2.41. The third-order valence-electron chi connectivity index (χ3n) is 5.15. The fraction of sp³-hybridized carbons (Fsp3) is 0.304. The molecule has 0 aliphatic carbocycles. The van der Waals surface area contributed by atoms with E-state index in [4.69, 9.17) is 9.15 Å². The third kappa shape index (κ3) is 4.84. The van der Waals surface area contributed by atoms with E-state index in [2.05, 4.69) is 4.98 Å². The van der Waals surface area contributed by atoms with Crippen LogP contribution in [0.2, 0.25) is 0 Å². The number of oxazole rings is 1. The minimum absolute atomic E-state index is 0.134. The number of carbonyl (C=O) groups excluding carboxylic acids is 1. The van der Waals surface area contributed by atoms with E-state index < -0.39 is 0 Å². The van der Waals surface area contributed by atoms with Crippen LogP contribution in [-0.2, 0) is 11.2 Å². The number of amides is 1. The van der Waals surface area contributed by atoms with E-state index in [-0.39, 0.29) is 30.2 Å². The van der Waals surface area contributed by atoms with E-state index in [0.717, 1.165) is 24.8 Å². The molecule has 3 aromatic rings. The summed E-state index contributed by atoms with van der Waals surface area (Å²) in [7, 11) is 0. The topological polar surface area (TPSA) is 55.6 Å². The van der Waals surface area contributed by atoms with Crippen LogP contribution < -0.4 is 4.74 Å². The first kappa shape index (κ1) is 20.1. The summed E-state index contributed by atoms with van der Waals surface area (Å²) in [6.07, 6.45) is 4.80. The Morgan fingerprint density at radius 2 is 1.77 bits per heavy atom. The average molecular weight is 412 g/mol. The summed E-state index contributed by atoms with van der Waals surface area (Å²) in [4.78, 5) is 18.9. The second kappa shape index (κ2) is 9.07. The summed E-state index contributed by atoms with van der Waals surface area (Å²) in [6.45, 7) is 0.469. The van der Waals surface area contributed by atoms with Gasteiger partial charge in [0.05, 0.1) is 6.20 Å². The number of carbonyl (C=O) groups is 1. The standard InChI is InChI=1S/C23H22F2N2O3/c24-17-6-4-16(5-7-17)13-20-14-26-23(30-20)21-3-1-2-12-27(21)22(28)15-29-19-10-8-18(25)9-11-19/h4-11,14,21H,1-3,12-13,15H2/t21-/m0/s1. The fourth-order valence-electron chi connectivity index (χ4n) is 3.61. The molecule has 1 amide bonds. The monoisotopic (exact) mass is 412 g/mol. The zero-order valence-corrected chi connectivity index (χ0v) is 16.4. The Hall–Kier alpha value is -3.22. The molecule has 2 heterocycles. The number of aromatic nitrogens is 1. The number of halogens is 2. The van der Waals surface area contributed by atoms with Crippen LogP contribution in [0.4, 0.5) is 8.78 Å². The maximum Gasteiger partial charge on any atom is 0.261 e. The first-order chi connectivity index (χ1) is 14.6. The number of rotatable bonds is 6. The fourth-order valence-corrected chi connectivity index (χ4v) is 3.61. The van der Waals surface area contributed by atoms with Gasteiger partial charge in [-0.05, 0) is 61.2 Å². The van der Waals surface area contributed by atoms with Gasteiger partial charge in [-0.1, -0.05) is 12.1 Å². The highest BCUT2D eigenvalue weighted by Gasteiger charge is 2.31. The lowest BCUT2D eigenvalue weighted by molar-refractivity contribution is -0.137. The number of ether oxygens (including phenoxy) is 1. The molecule has 2 aromatic carbocycles. The number of piperidine rings is 1. The zero-order chi connectivity index (χ0) is 20.9. The highest BCUT2D eigenvalue weighted by molar-refractivity contribution is 5.78. The predicted octanol–water partition coefficient (Wildman–Crippen LogP) is 4.68. The summed E-state index contributed by atoms with van der Waals surface area (Å²) in [5.41, 5.74) is 0.920. The zero-order valence-electron chi connectivity index (χ0n) is 16.4. The highest BCUT2D eigenvalue weighted by Crippen LogP contribution is 2.31. The smallest absolute Gasteiger partial charge is 0.261 e. The van der Waals surface area contributed by atoms with Crippen LogP contribution in [0.3, 0.4) is 0 Å². The quantitative estimate of drug-likeness (QED) is 0.590. The van der Waals surface area contributed by atoms with Crippen molar-refractivity contribution in [2.24, 2.45) is 0 Å². The molecule has 7 heteroatoms. The van der Waals surface area contributed by atoms with Gasteiger partial charge in [0.1, 0.15) is 29.2 Å². The Balaban J connectivity index is 1.41. The number of hydrogen-bond donors (Lipinski definition) is 0. The van der Waals surface area contributed by atoms with Gasteiger partial charge in [-0.2, -0.15) is 0 Å². The maximum absolute atomic E-state index is 13.1. The first-order valence-electron chi connectivity index (χ1n) is 9.95. The molecule has 0 saturated carbocycles. The number of benzene rings is 2. The summed E-state index contributed by atoms with van der Waals surface area (Å²) < 4.78 is 37.5. The molecule has 0 unspecified atom stereocenters. The largest absolute Gasteiger partial charge is 0.484 e. The van der Waals surface area contributed by atoms with Crippen LogP contribution >= 0.6 is 0 Å². The lowest BCUT2D eigenvalue weighted by Gasteiger charge is -2.33. The van der Waals surface area contributed by atoms with Crippen molar-refractivity contribution in [2.45, 2.75) is 31.7 Å². The van der Waals surface area contributed by atoms with Crippen LogP contribution in [0.5, 0.6) is 5.75 Å². The van der Waals surface area contributed by atoms with Gasteiger partial charge < -0.3 is 14.1 Å². The third-order valence-corrected chi connectivity index (χ3v) is 5.15. The van der Waals surface area contributed by atoms with Crippen LogP contribution in [0.15, 0.2) is 59.1 Å². The molecule has 1 aliphatic heterocycles. The molecule has 0 radical (unpaired) electrons. The van der Waals surface area contributed by atoms with Crippen molar-refractivity contribution in [1.82, 2.24) is 9.88 Å². The lowest BCUT2D eigenvalue weighted by atomic mass is 10.0. The summed E-state index contributed by atoms with van der Waals surface area (Å²) in [6, 6.07) is 11.6. The molecule has 0 N–H and O–H groups in total. The Kier molecular flexibility index (Phi) is 6.07. The van der Waals surface area contributed by atoms with Gasteiger partial charge in [-0.25, -0.2) is 13.8 Å². The van der Waals surface area contributed by atoms with Gasteiger partial charge in [0.15, 0.2) is 6.61 Å². The second-order valence-electron chi connectivity index (χ2n) is 7.31. The predicted molar refractivity (Wildman–Crippen MR) is 106 cm³/mol. The van der Waals surface area contributed by atoms with Crippen LogP contribution in [0.25, 0.3) is 0 Å². The van der Waals surface area contributed by atoms with Gasteiger partial charge >= 0.3 is 0 Å². The van der Waals surface area contributed by atoms with Crippen LogP contribution in [0, 0.1) is 11.6 Å². The highest BCUT2D eigenvalue weighted by atomic mass is 19.1. The molecular weight excluding hydrogens is 390 g/mol. The number of nitrogens with zero attached hydrogens (tertiary/aromatic N) is 2. The summed E-state index contributed by atoms with van der Waals surface area (Å²) in [5, 5.41) is 0. The van der Waals surface area contributed by atoms with E-state index in [9.17, 15) is 13.6 Å². The van der Waals surface area contributed by atoms with Crippen molar-refractivity contribution in [3.05, 3.63) is 83.6 Å². The molecule has 1 aliphatic rings. The molecule has 1 saturated heterocycles. The normalized spacial score (nSPS) is 16.5. The minimum atomic E-state index is -0.356. The molecule has 0 bridgehead atoms. The van der Waals surface area contributed by atoms with Crippen molar-refractivity contribution in [3.63, 3.8) is 0 Å². The van der Waals surface area contributed by atoms with Gasteiger partial charge in [-0.3, -0.25) is 4.79 Å². The summed E-state index contributed by atoms with van der Waals surface area (Å²) in [5.74, 6) is 0.804. The Morgan fingerprint density at radius 3 is 2.50 bits per heavy atom. The van der Waals surface area contributed by atoms with Crippen LogP contribution in [-0.4, -0.2) is 28.9 Å². The Bertz CT molecular complexity index is 986. The molecule has 1 fully saturated rings. The SMILES string of the molecule is O=C(COc1ccc(F)cc1)N1CCCC[C@H]1c1ncc(Cc2ccc(F)cc2)o1. The Morgan fingerprint density at radius 1 is 1.07 bits per heavy atom. The van der Waals surface area contributed by atoms with Gasteiger partial charge in [0.25, 0.3) is 5.91 Å². The van der Waals surface area contributed by atoms with E-state index in [1.807, 2.05) is 0 Å². The molecule has 4 rings (SSSR count). The van der Waals surface area contributed by atoms with E-state index in [0.29, 0.717) is 30.4 Å². The molecule has 5 nitrogen and oxygen atoms in total. The number of likely N-dealkylation sites (tertiary alicyclic amines) is 1. The molecule has 1 atom stereocenters. The van der Waals surface area contributed by atoms with Crippen molar-refractivity contribution >= 4 is 5.91 Å². The van der Waals surface area contributed by atoms with Crippen LogP contribution in [0.1, 0.15) is 42.5 Å². The van der Waals surface area contributed by atoms with E-state index in [1.165, 1.54) is 36.4 Å². The van der Waals surface area contributed by atoms with Crippen molar-refractivity contribution in [1.29, 1.82) is 0 Å². The number of hydrogen-bond acceptors (Lipinski definition) is 4. The molecule has 1 aromatic heterocycles. The summed E-state index contributed by atoms with van der Waals surface area (Å²) >= 11 is 0. The maximum atomic E-state index is 13.1. The first-order valence-corrected chi connectivity index (χ1v) is 9.95. The minimum Gasteiger partial charge on any atom is -0.484 e. The van der Waals surface area contributed by atoms with Crippen molar-refractivity contribution < 1.29 is 22.7 Å². The van der Waals surface area contributed by atoms with E-state index in [1.54, 1.807) is 23.2 Å². The van der Waals surface area contributed by atoms with Gasteiger partial charge in [0.2, 0.25) is 5.89 Å². The van der Waals surface area contributed by atoms with Gasteiger partial charge in [0, 0.05) is 13.0 Å². The molecule has 0 spiro atoms. The van der Waals surface area contributed by atoms with Crippen molar-refractivity contribution in [3.8, 4) is 5.75 Å².